The first-order valence-corrected chi connectivity index (χ1v) is 10.9. The molecule has 1 aliphatic heterocycles. The van der Waals surface area contributed by atoms with Gasteiger partial charge in [0.2, 0.25) is 5.91 Å². The number of nitrogens with one attached hydrogen (secondary N) is 2. The van der Waals surface area contributed by atoms with Crippen LogP contribution >= 0.6 is 0 Å². The number of phenols is 1. The zero-order chi connectivity index (χ0) is 20.6. The minimum absolute atomic E-state index is 0.141. The van der Waals surface area contributed by atoms with Crippen molar-refractivity contribution >= 4 is 11.9 Å². The van der Waals surface area contributed by atoms with Crippen LogP contribution in [0, 0.1) is 5.92 Å². The molecule has 0 bridgehead atoms. The van der Waals surface area contributed by atoms with Crippen LogP contribution in [0.5, 0.6) is 11.5 Å². The largest absolute Gasteiger partial charge is 0.504 e. The standard InChI is InChI=1S/C22H34N4O3/c1-3-23-22(24-14-16-9-10-19(27)20(13-16)29-4-2)25-18-11-12-26(15-18)21(28)17-7-5-6-8-17/h9-10,13,17-18,27H,3-8,11-12,14-15H2,1-2H3,(H2,23,24,25). The topological polar surface area (TPSA) is 86.2 Å². The average Bonchev–Trinajstić information content (AvgIpc) is 3.40. The highest BCUT2D eigenvalue weighted by Crippen LogP contribution is 2.28. The fourth-order valence-electron chi connectivity index (χ4n) is 4.12. The number of aromatic hydroxyl groups is 1. The number of ether oxygens (including phenoxy) is 1. The Balaban J connectivity index is 1.57. The molecule has 1 amide bonds. The Bertz CT molecular complexity index is 716. The Morgan fingerprint density at radius 3 is 2.79 bits per heavy atom. The summed E-state index contributed by atoms with van der Waals surface area (Å²) >= 11 is 0. The average molecular weight is 403 g/mol. The Labute approximate surface area is 173 Å². The molecule has 1 saturated carbocycles. The number of guanidine groups is 1. The maximum atomic E-state index is 12.6. The SMILES string of the molecule is CCNC(=NCc1ccc(O)c(OCC)c1)NC1CCN(C(=O)C2CCCC2)C1. The van der Waals surface area contributed by atoms with Crippen LogP contribution in [-0.2, 0) is 11.3 Å². The molecule has 1 heterocycles. The molecule has 3 rings (SSSR count). The molecule has 160 valence electrons. The predicted molar refractivity (Wildman–Crippen MR) is 114 cm³/mol. The molecular formula is C22H34N4O3. The van der Waals surface area contributed by atoms with Gasteiger partial charge in [0.1, 0.15) is 0 Å². The molecule has 0 radical (unpaired) electrons. The van der Waals surface area contributed by atoms with E-state index in [0.717, 1.165) is 50.4 Å². The predicted octanol–water partition coefficient (Wildman–Crippen LogP) is 2.64. The van der Waals surface area contributed by atoms with Crippen LogP contribution in [0.15, 0.2) is 23.2 Å². The molecule has 0 aromatic heterocycles. The number of rotatable bonds is 7. The van der Waals surface area contributed by atoms with Crippen LogP contribution in [0.3, 0.4) is 0 Å². The van der Waals surface area contributed by atoms with Gasteiger partial charge in [-0.25, -0.2) is 4.99 Å². The molecule has 3 N–H and O–H groups in total. The van der Waals surface area contributed by atoms with Crippen molar-refractivity contribution < 1.29 is 14.6 Å². The summed E-state index contributed by atoms with van der Waals surface area (Å²) in [5.74, 6) is 1.95. The van der Waals surface area contributed by atoms with Gasteiger partial charge in [-0.3, -0.25) is 4.79 Å². The quantitative estimate of drug-likeness (QED) is 0.482. The second-order valence-electron chi connectivity index (χ2n) is 7.83. The summed E-state index contributed by atoms with van der Waals surface area (Å²) in [5, 5.41) is 16.6. The van der Waals surface area contributed by atoms with E-state index in [1.165, 1.54) is 12.8 Å². The molecule has 1 aromatic carbocycles. The van der Waals surface area contributed by atoms with Crippen molar-refractivity contribution in [1.82, 2.24) is 15.5 Å². The Morgan fingerprint density at radius 2 is 2.07 bits per heavy atom. The van der Waals surface area contributed by atoms with E-state index in [0.29, 0.717) is 24.8 Å². The molecule has 7 nitrogen and oxygen atoms in total. The number of carbonyl (C=O) groups is 1. The van der Waals surface area contributed by atoms with Gasteiger partial charge in [0.05, 0.1) is 13.2 Å². The number of nitrogens with zero attached hydrogens (tertiary/aromatic N) is 2. The van der Waals surface area contributed by atoms with Crippen molar-refractivity contribution in [2.24, 2.45) is 10.9 Å². The first-order valence-electron chi connectivity index (χ1n) is 10.9. The highest BCUT2D eigenvalue weighted by molar-refractivity contribution is 5.81. The summed E-state index contributed by atoms with van der Waals surface area (Å²) in [4.78, 5) is 19.3. The lowest BCUT2D eigenvalue weighted by Gasteiger charge is -2.21. The highest BCUT2D eigenvalue weighted by Gasteiger charge is 2.32. The number of aliphatic imine (C=N–C) groups is 1. The Hall–Kier alpha value is -2.44. The maximum Gasteiger partial charge on any atom is 0.225 e. The number of benzene rings is 1. The van der Waals surface area contributed by atoms with Gasteiger partial charge in [-0.1, -0.05) is 18.9 Å². The van der Waals surface area contributed by atoms with E-state index in [1.54, 1.807) is 6.07 Å². The number of amides is 1. The van der Waals surface area contributed by atoms with E-state index in [1.807, 2.05) is 30.9 Å². The van der Waals surface area contributed by atoms with Crippen LogP contribution in [0.1, 0.15) is 51.5 Å². The summed E-state index contributed by atoms with van der Waals surface area (Å²) in [7, 11) is 0. The number of phenolic OH excluding ortho intramolecular Hbond substituents is 1. The molecule has 1 aromatic rings. The number of carbonyl (C=O) groups excluding carboxylic acids is 1. The summed E-state index contributed by atoms with van der Waals surface area (Å²) in [6.07, 6.45) is 5.41. The van der Waals surface area contributed by atoms with Gasteiger partial charge in [-0.05, 0) is 50.8 Å². The third-order valence-electron chi connectivity index (χ3n) is 5.63. The number of hydrogen-bond acceptors (Lipinski definition) is 4. The van der Waals surface area contributed by atoms with Gasteiger partial charge in [0.25, 0.3) is 0 Å². The Kier molecular flexibility index (Phi) is 7.61. The molecule has 29 heavy (non-hydrogen) atoms. The van der Waals surface area contributed by atoms with Gasteiger partial charge < -0.3 is 25.4 Å². The monoisotopic (exact) mass is 402 g/mol. The van der Waals surface area contributed by atoms with E-state index in [9.17, 15) is 9.90 Å². The summed E-state index contributed by atoms with van der Waals surface area (Å²) in [5.41, 5.74) is 0.966. The minimum Gasteiger partial charge on any atom is -0.504 e. The van der Waals surface area contributed by atoms with Gasteiger partial charge in [-0.2, -0.15) is 0 Å². The molecule has 1 atom stereocenters. The fourth-order valence-corrected chi connectivity index (χ4v) is 4.12. The number of hydrogen-bond donors (Lipinski definition) is 3. The van der Waals surface area contributed by atoms with Crippen LogP contribution in [0.25, 0.3) is 0 Å². The van der Waals surface area contributed by atoms with Gasteiger partial charge >= 0.3 is 0 Å². The van der Waals surface area contributed by atoms with Crippen molar-refractivity contribution in [3.05, 3.63) is 23.8 Å². The molecule has 7 heteroatoms. The third-order valence-corrected chi connectivity index (χ3v) is 5.63. The van der Waals surface area contributed by atoms with Crippen molar-refractivity contribution in [2.75, 3.05) is 26.2 Å². The van der Waals surface area contributed by atoms with Crippen LogP contribution < -0.4 is 15.4 Å². The van der Waals surface area contributed by atoms with E-state index < -0.39 is 0 Å². The molecule has 2 fully saturated rings. The second-order valence-corrected chi connectivity index (χ2v) is 7.83. The zero-order valence-corrected chi connectivity index (χ0v) is 17.6. The van der Waals surface area contributed by atoms with Crippen molar-refractivity contribution in [3.8, 4) is 11.5 Å². The smallest absolute Gasteiger partial charge is 0.225 e. The third kappa shape index (κ3) is 5.78. The van der Waals surface area contributed by atoms with Gasteiger partial charge in [0.15, 0.2) is 17.5 Å². The lowest BCUT2D eigenvalue weighted by molar-refractivity contribution is -0.134. The van der Waals surface area contributed by atoms with Crippen molar-refractivity contribution in [1.29, 1.82) is 0 Å². The zero-order valence-electron chi connectivity index (χ0n) is 17.6. The lowest BCUT2D eigenvalue weighted by atomic mass is 10.1. The van der Waals surface area contributed by atoms with E-state index in [2.05, 4.69) is 15.6 Å². The minimum atomic E-state index is 0.141. The molecular weight excluding hydrogens is 368 g/mol. The first kappa shape index (κ1) is 21.3. The van der Waals surface area contributed by atoms with Crippen LogP contribution in [-0.4, -0.2) is 54.2 Å². The normalized spacial score (nSPS) is 20.1. The second kappa shape index (κ2) is 10.4. The fraction of sp³-hybridized carbons (Fsp3) is 0.636. The van der Waals surface area contributed by atoms with Crippen LogP contribution in [0.4, 0.5) is 0 Å². The molecule has 1 saturated heterocycles. The van der Waals surface area contributed by atoms with Gasteiger partial charge in [-0.15, -0.1) is 0 Å². The molecule has 1 aliphatic carbocycles. The maximum absolute atomic E-state index is 12.6. The van der Waals surface area contributed by atoms with Gasteiger partial charge in [0, 0.05) is 31.6 Å². The van der Waals surface area contributed by atoms with E-state index in [4.69, 9.17) is 4.74 Å². The van der Waals surface area contributed by atoms with E-state index >= 15 is 0 Å². The van der Waals surface area contributed by atoms with E-state index in [-0.39, 0.29) is 17.7 Å². The van der Waals surface area contributed by atoms with Crippen molar-refractivity contribution in [2.45, 2.75) is 58.5 Å². The molecule has 0 spiro atoms. The lowest BCUT2D eigenvalue weighted by Crippen LogP contribution is -2.45. The molecule has 1 unspecified atom stereocenters. The summed E-state index contributed by atoms with van der Waals surface area (Å²) in [6, 6.07) is 5.53. The summed E-state index contributed by atoms with van der Waals surface area (Å²) < 4.78 is 5.45. The molecule has 2 aliphatic rings. The number of likely N-dealkylation sites (tertiary alicyclic amines) is 1. The highest BCUT2D eigenvalue weighted by atomic mass is 16.5. The van der Waals surface area contributed by atoms with Crippen molar-refractivity contribution in [3.63, 3.8) is 0 Å². The van der Waals surface area contributed by atoms with Crippen LogP contribution in [0.2, 0.25) is 0 Å². The first-order chi connectivity index (χ1) is 14.1. The Morgan fingerprint density at radius 1 is 1.28 bits per heavy atom. The summed E-state index contributed by atoms with van der Waals surface area (Å²) in [6.45, 7) is 7.24.